The molecule has 3 aromatic heterocycles. The van der Waals surface area contributed by atoms with Gasteiger partial charge in [0.2, 0.25) is 5.75 Å². The number of anilines is 3. The van der Waals surface area contributed by atoms with Crippen molar-refractivity contribution in [1.82, 2.24) is 19.9 Å². The smallest absolute Gasteiger partial charge is 0.204 e. The van der Waals surface area contributed by atoms with Gasteiger partial charge in [0, 0.05) is 29.8 Å². The minimum Gasteiger partial charge on any atom is -0.485 e. The summed E-state index contributed by atoms with van der Waals surface area (Å²) in [5, 5.41) is 7.93. The Morgan fingerprint density at radius 1 is 1.14 bits per heavy atom. The van der Waals surface area contributed by atoms with Gasteiger partial charge in [0.1, 0.15) is 12.4 Å². The highest BCUT2D eigenvalue weighted by atomic mass is 16.5. The molecular weight excluding hydrogens is 366 g/mol. The van der Waals surface area contributed by atoms with Gasteiger partial charge >= 0.3 is 0 Å². The van der Waals surface area contributed by atoms with Gasteiger partial charge in [-0.1, -0.05) is 18.2 Å². The van der Waals surface area contributed by atoms with Gasteiger partial charge in [0.05, 0.1) is 12.1 Å². The molecule has 29 heavy (non-hydrogen) atoms. The highest BCUT2D eigenvalue weighted by Crippen LogP contribution is 2.35. The van der Waals surface area contributed by atoms with Gasteiger partial charge in [-0.3, -0.25) is 0 Å². The number of hydrogen-bond acceptors (Lipinski definition) is 7. The first-order valence-electron chi connectivity index (χ1n) is 9.58. The van der Waals surface area contributed by atoms with Crippen LogP contribution in [-0.4, -0.2) is 39.6 Å². The van der Waals surface area contributed by atoms with E-state index in [-0.39, 0.29) is 0 Å². The molecule has 0 amide bonds. The number of nitrogen functional groups attached to an aromatic ring is 1. The number of fused-ring (bicyclic) bond motifs is 2. The van der Waals surface area contributed by atoms with Crippen molar-refractivity contribution in [3.63, 3.8) is 0 Å². The number of aromatic amines is 1. The third kappa shape index (κ3) is 3.29. The van der Waals surface area contributed by atoms with Crippen LogP contribution in [0.5, 0.6) is 5.75 Å². The number of hydrogen-bond donors (Lipinski definition) is 4. The molecular formula is C21H21N7O. The quantitative estimate of drug-likeness (QED) is 0.416. The number of nitrogens with two attached hydrogens (primary N) is 1. The summed E-state index contributed by atoms with van der Waals surface area (Å²) in [4.78, 5) is 16.7. The van der Waals surface area contributed by atoms with Crippen molar-refractivity contribution in [3.05, 3.63) is 54.4 Å². The zero-order valence-electron chi connectivity index (χ0n) is 15.8. The molecule has 5 rings (SSSR count). The maximum atomic E-state index is 6.03. The summed E-state index contributed by atoms with van der Waals surface area (Å²) in [7, 11) is 0. The molecule has 0 saturated heterocycles. The number of benzene rings is 1. The maximum absolute atomic E-state index is 6.03. The zero-order valence-corrected chi connectivity index (χ0v) is 15.8. The van der Waals surface area contributed by atoms with Crippen LogP contribution in [0.25, 0.3) is 22.3 Å². The standard InChI is InChI=1S/C21H21N7O/c22-18-15(5-3-8-23-18)19-27-20(17-21(28-19)25-10-11-29-17)24-9-7-13-12-26-16-6-2-1-4-14(13)16/h1-6,8,12,26H,7,9-11H2,(H2,22,23)(H2,24,25,27,28). The van der Waals surface area contributed by atoms with Crippen LogP contribution in [0.4, 0.5) is 17.5 Å². The average Bonchev–Trinajstić information content (AvgIpc) is 3.17. The van der Waals surface area contributed by atoms with Crippen LogP contribution in [0.2, 0.25) is 0 Å². The Labute approximate surface area is 167 Å². The van der Waals surface area contributed by atoms with E-state index in [2.05, 4.69) is 55.0 Å². The van der Waals surface area contributed by atoms with E-state index < -0.39 is 0 Å². The van der Waals surface area contributed by atoms with Crippen LogP contribution in [0.3, 0.4) is 0 Å². The first kappa shape index (κ1) is 17.3. The molecule has 146 valence electrons. The van der Waals surface area contributed by atoms with Crippen molar-refractivity contribution in [1.29, 1.82) is 0 Å². The molecule has 1 aliphatic rings. The van der Waals surface area contributed by atoms with Crippen LogP contribution in [0, 0.1) is 0 Å². The molecule has 0 aliphatic carbocycles. The van der Waals surface area contributed by atoms with Gasteiger partial charge in [0.15, 0.2) is 17.5 Å². The van der Waals surface area contributed by atoms with Gasteiger partial charge in [0.25, 0.3) is 0 Å². The third-order valence-corrected chi connectivity index (χ3v) is 4.95. The molecule has 5 N–H and O–H groups in total. The van der Waals surface area contributed by atoms with E-state index in [1.807, 2.05) is 18.2 Å². The van der Waals surface area contributed by atoms with Crippen molar-refractivity contribution >= 4 is 28.4 Å². The van der Waals surface area contributed by atoms with Crippen LogP contribution in [0.15, 0.2) is 48.8 Å². The lowest BCUT2D eigenvalue weighted by Crippen LogP contribution is -2.22. The van der Waals surface area contributed by atoms with E-state index in [9.17, 15) is 0 Å². The molecule has 0 bridgehead atoms. The molecule has 4 aromatic rings. The van der Waals surface area contributed by atoms with Crippen molar-refractivity contribution in [3.8, 4) is 17.1 Å². The number of rotatable bonds is 5. The Morgan fingerprint density at radius 2 is 2.07 bits per heavy atom. The van der Waals surface area contributed by atoms with Crippen molar-refractivity contribution in [2.75, 3.05) is 36.1 Å². The molecule has 0 saturated carbocycles. The minimum atomic E-state index is 0.397. The fourth-order valence-corrected chi connectivity index (χ4v) is 3.53. The maximum Gasteiger partial charge on any atom is 0.204 e. The summed E-state index contributed by atoms with van der Waals surface area (Å²) >= 11 is 0. The third-order valence-electron chi connectivity index (χ3n) is 4.95. The molecule has 1 aromatic carbocycles. The van der Waals surface area contributed by atoms with E-state index in [4.69, 9.17) is 10.5 Å². The number of pyridine rings is 1. The van der Waals surface area contributed by atoms with E-state index >= 15 is 0 Å². The summed E-state index contributed by atoms with van der Waals surface area (Å²) in [5.41, 5.74) is 9.12. The Hall–Kier alpha value is -3.81. The molecule has 1 aliphatic heterocycles. The van der Waals surface area contributed by atoms with E-state index in [0.717, 1.165) is 11.9 Å². The average molecular weight is 387 g/mol. The van der Waals surface area contributed by atoms with Crippen LogP contribution in [-0.2, 0) is 6.42 Å². The molecule has 8 heteroatoms. The second kappa shape index (κ2) is 7.31. The molecule has 0 spiro atoms. The lowest BCUT2D eigenvalue weighted by atomic mass is 10.1. The normalized spacial score (nSPS) is 12.8. The number of aromatic nitrogens is 4. The Balaban J connectivity index is 1.43. The Bertz CT molecular complexity index is 1170. The predicted octanol–water partition coefficient (Wildman–Crippen LogP) is 3.06. The molecule has 0 unspecified atom stereocenters. The lowest BCUT2D eigenvalue weighted by molar-refractivity contribution is 0.321. The minimum absolute atomic E-state index is 0.397. The number of para-hydroxylation sites is 1. The van der Waals surface area contributed by atoms with Gasteiger partial charge < -0.3 is 26.1 Å². The van der Waals surface area contributed by atoms with Crippen LogP contribution in [0.1, 0.15) is 5.56 Å². The summed E-state index contributed by atoms with van der Waals surface area (Å²) in [6.45, 7) is 1.97. The molecule has 8 nitrogen and oxygen atoms in total. The number of H-pyrrole nitrogens is 1. The molecule has 4 heterocycles. The van der Waals surface area contributed by atoms with E-state index in [1.54, 1.807) is 6.20 Å². The largest absolute Gasteiger partial charge is 0.485 e. The topological polar surface area (TPSA) is 114 Å². The highest BCUT2D eigenvalue weighted by Gasteiger charge is 2.21. The fraction of sp³-hybridized carbons (Fsp3) is 0.190. The fourth-order valence-electron chi connectivity index (χ4n) is 3.53. The Morgan fingerprint density at radius 3 is 3.00 bits per heavy atom. The number of ether oxygens (including phenoxy) is 1. The monoisotopic (exact) mass is 387 g/mol. The van der Waals surface area contributed by atoms with Crippen molar-refractivity contribution in [2.24, 2.45) is 0 Å². The first-order chi connectivity index (χ1) is 14.3. The van der Waals surface area contributed by atoms with Gasteiger partial charge in [-0.15, -0.1) is 0 Å². The zero-order chi connectivity index (χ0) is 19.6. The molecule has 0 atom stereocenters. The summed E-state index contributed by atoms with van der Waals surface area (Å²) in [5.74, 6) is 2.87. The summed E-state index contributed by atoms with van der Waals surface area (Å²) < 4.78 is 5.83. The Kier molecular flexibility index (Phi) is 4.36. The second-order valence-corrected chi connectivity index (χ2v) is 6.82. The SMILES string of the molecule is Nc1ncccc1-c1nc2c(c(NCCc3c[nH]c4ccccc34)n1)OCCN2. The summed E-state index contributed by atoms with van der Waals surface area (Å²) in [6.07, 6.45) is 4.56. The van der Waals surface area contributed by atoms with E-state index in [0.29, 0.717) is 54.3 Å². The van der Waals surface area contributed by atoms with Crippen molar-refractivity contribution in [2.45, 2.75) is 6.42 Å². The second-order valence-electron chi connectivity index (χ2n) is 6.82. The molecule has 0 fully saturated rings. The predicted molar refractivity (Wildman–Crippen MR) is 114 cm³/mol. The number of nitrogens with one attached hydrogen (secondary N) is 3. The van der Waals surface area contributed by atoms with E-state index in [1.165, 1.54) is 10.9 Å². The van der Waals surface area contributed by atoms with Gasteiger partial charge in [-0.25, -0.2) is 15.0 Å². The van der Waals surface area contributed by atoms with Crippen LogP contribution >= 0.6 is 0 Å². The highest BCUT2D eigenvalue weighted by molar-refractivity contribution is 5.83. The molecule has 0 radical (unpaired) electrons. The summed E-state index contributed by atoms with van der Waals surface area (Å²) in [6, 6.07) is 12.0. The lowest BCUT2D eigenvalue weighted by Gasteiger charge is -2.21. The van der Waals surface area contributed by atoms with Crippen LogP contribution < -0.4 is 21.1 Å². The van der Waals surface area contributed by atoms with Gasteiger partial charge in [-0.2, -0.15) is 0 Å². The number of nitrogens with zero attached hydrogens (tertiary/aromatic N) is 3. The van der Waals surface area contributed by atoms with Gasteiger partial charge in [-0.05, 0) is 30.2 Å². The van der Waals surface area contributed by atoms with Crippen molar-refractivity contribution < 1.29 is 4.74 Å². The first-order valence-corrected chi connectivity index (χ1v) is 9.58.